The van der Waals surface area contributed by atoms with E-state index in [1.807, 2.05) is 22.0 Å². The lowest BCUT2D eigenvalue weighted by atomic mass is 9.94. The monoisotopic (exact) mass is 372 g/mol. The highest BCUT2D eigenvalue weighted by Crippen LogP contribution is 2.23. The van der Waals surface area contributed by atoms with Gasteiger partial charge in [0, 0.05) is 44.6 Å². The molecule has 1 aromatic rings. The number of H-pyrrole nitrogens is 1. The van der Waals surface area contributed by atoms with Gasteiger partial charge in [0.05, 0.1) is 24.9 Å². The summed E-state index contributed by atoms with van der Waals surface area (Å²) in [5, 5.41) is 7.59. The Morgan fingerprint density at radius 3 is 2.85 bits per heavy atom. The summed E-state index contributed by atoms with van der Waals surface area (Å²) >= 11 is 0. The Kier molecular flexibility index (Phi) is 5.57. The van der Waals surface area contributed by atoms with Crippen LogP contribution in [0.4, 0.5) is 0 Å². The smallest absolute Gasteiger partial charge is 0.225 e. The molecule has 4 rings (SSSR count). The van der Waals surface area contributed by atoms with E-state index in [0.717, 1.165) is 18.5 Å². The van der Waals surface area contributed by atoms with Crippen LogP contribution in [0.25, 0.3) is 0 Å². The summed E-state index contributed by atoms with van der Waals surface area (Å²) < 4.78 is 5.55. The van der Waals surface area contributed by atoms with Gasteiger partial charge in [-0.2, -0.15) is 5.10 Å². The average Bonchev–Trinajstić information content (AvgIpc) is 3.37. The zero-order valence-electron chi connectivity index (χ0n) is 15.8. The topological polar surface area (TPSA) is 78.5 Å². The third-order valence-electron chi connectivity index (χ3n) is 5.85. The van der Waals surface area contributed by atoms with Gasteiger partial charge in [0.25, 0.3) is 0 Å². The standard InChI is InChI=1S/C20H28N4O3/c25-19(8-7-18-16-5-1-2-6-17(16)21-22-18)24-11-12-27-14-15(24)13-20(26)23-9-3-4-10-23/h3-4,15H,1-2,5-14H2,(H,21,22)/t15-/m1/s1. The van der Waals surface area contributed by atoms with Crippen molar-refractivity contribution in [2.75, 3.05) is 32.8 Å². The zero-order chi connectivity index (χ0) is 18.6. The van der Waals surface area contributed by atoms with E-state index >= 15 is 0 Å². The second-order valence-electron chi connectivity index (χ2n) is 7.62. The maximum absolute atomic E-state index is 12.9. The molecule has 2 aliphatic heterocycles. The van der Waals surface area contributed by atoms with Crippen LogP contribution in [0.15, 0.2) is 12.2 Å². The minimum absolute atomic E-state index is 0.0923. The summed E-state index contributed by atoms with van der Waals surface area (Å²) in [6.07, 6.45) is 9.99. The number of amides is 2. The average molecular weight is 372 g/mol. The van der Waals surface area contributed by atoms with Crippen LogP contribution in [0.2, 0.25) is 0 Å². The highest BCUT2D eigenvalue weighted by atomic mass is 16.5. The maximum Gasteiger partial charge on any atom is 0.225 e. The maximum atomic E-state index is 12.9. The summed E-state index contributed by atoms with van der Waals surface area (Å²) in [5.41, 5.74) is 3.61. The minimum Gasteiger partial charge on any atom is -0.377 e. The van der Waals surface area contributed by atoms with Crippen molar-refractivity contribution in [3.8, 4) is 0 Å². The second-order valence-corrected chi connectivity index (χ2v) is 7.62. The molecule has 1 aromatic heterocycles. The first-order valence-corrected chi connectivity index (χ1v) is 10.1. The Morgan fingerprint density at radius 2 is 2.00 bits per heavy atom. The number of rotatable bonds is 5. The second kappa shape index (κ2) is 8.25. The van der Waals surface area contributed by atoms with Crippen molar-refractivity contribution in [1.82, 2.24) is 20.0 Å². The number of carbonyl (C=O) groups excluding carboxylic acids is 2. The van der Waals surface area contributed by atoms with E-state index < -0.39 is 0 Å². The fourth-order valence-corrected chi connectivity index (χ4v) is 4.29. The van der Waals surface area contributed by atoms with E-state index in [1.165, 1.54) is 24.1 Å². The predicted molar refractivity (Wildman–Crippen MR) is 100 cm³/mol. The number of hydrogen-bond donors (Lipinski definition) is 1. The van der Waals surface area contributed by atoms with Gasteiger partial charge in [0.15, 0.2) is 0 Å². The Morgan fingerprint density at radius 1 is 1.19 bits per heavy atom. The molecule has 0 unspecified atom stereocenters. The zero-order valence-corrected chi connectivity index (χ0v) is 15.8. The molecule has 3 aliphatic rings. The van der Waals surface area contributed by atoms with Gasteiger partial charge >= 0.3 is 0 Å². The first-order chi connectivity index (χ1) is 13.2. The van der Waals surface area contributed by atoms with Crippen molar-refractivity contribution in [2.24, 2.45) is 0 Å². The number of aromatic amines is 1. The molecule has 1 atom stereocenters. The molecule has 3 heterocycles. The SMILES string of the molecule is O=C(C[C@@H]1COCCN1C(=O)CCc1n[nH]c2c1CCCC2)N1CC=CC1. The van der Waals surface area contributed by atoms with Crippen molar-refractivity contribution in [3.63, 3.8) is 0 Å². The molecule has 1 N–H and O–H groups in total. The molecule has 1 saturated heterocycles. The van der Waals surface area contributed by atoms with Crippen molar-refractivity contribution in [2.45, 2.75) is 51.0 Å². The van der Waals surface area contributed by atoms with E-state index in [9.17, 15) is 9.59 Å². The van der Waals surface area contributed by atoms with Crippen LogP contribution in [0.1, 0.15) is 42.6 Å². The molecule has 0 spiro atoms. The van der Waals surface area contributed by atoms with Gasteiger partial charge in [-0.1, -0.05) is 12.2 Å². The number of morpholine rings is 1. The van der Waals surface area contributed by atoms with Gasteiger partial charge in [-0.3, -0.25) is 14.7 Å². The molecule has 1 fully saturated rings. The molecule has 1 aliphatic carbocycles. The first-order valence-electron chi connectivity index (χ1n) is 10.1. The van der Waals surface area contributed by atoms with E-state index in [-0.39, 0.29) is 17.9 Å². The number of nitrogens with zero attached hydrogens (tertiary/aromatic N) is 3. The molecule has 7 heteroatoms. The van der Waals surface area contributed by atoms with Crippen LogP contribution in [0.3, 0.4) is 0 Å². The number of nitrogens with one attached hydrogen (secondary N) is 1. The fourth-order valence-electron chi connectivity index (χ4n) is 4.29. The van der Waals surface area contributed by atoms with E-state index in [0.29, 0.717) is 52.1 Å². The van der Waals surface area contributed by atoms with Crippen molar-refractivity contribution in [1.29, 1.82) is 0 Å². The van der Waals surface area contributed by atoms with Crippen LogP contribution in [0, 0.1) is 0 Å². The number of aromatic nitrogens is 2. The Labute approximate surface area is 159 Å². The number of fused-ring (bicyclic) bond motifs is 1. The van der Waals surface area contributed by atoms with Crippen LogP contribution in [-0.4, -0.2) is 70.7 Å². The molecular formula is C20H28N4O3. The molecule has 7 nitrogen and oxygen atoms in total. The van der Waals surface area contributed by atoms with E-state index in [4.69, 9.17) is 4.74 Å². The Bertz CT molecular complexity index is 719. The highest BCUT2D eigenvalue weighted by molar-refractivity contribution is 5.80. The molecule has 0 saturated carbocycles. The van der Waals surface area contributed by atoms with Crippen molar-refractivity contribution in [3.05, 3.63) is 29.1 Å². The lowest BCUT2D eigenvalue weighted by Crippen LogP contribution is -2.50. The van der Waals surface area contributed by atoms with E-state index in [2.05, 4.69) is 10.2 Å². The minimum atomic E-state index is -0.160. The molecule has 0 aromatic carbocycles. The summed E-state index contributed by atoms with van der Waals surface area (Å²) in [4.78, 5) is 29.0. The van der Waals surface area contributed by atoms with Crippen LogP contribution in [0.5, 0.6) is 0 Å². The fraction of sp³-hybridized carbons (Fsp3) is 0.650. The normalized spacial score (nSPS) is 22.1. The third kappa shape index (κ3) is 4.08. The molecule has 27 heavy (non-hydrogen) atoms. The third-order valence-corrected chi connectivity index (χ3v) is 5.85. The quantitative estimate of drug-likeness (QED) is 0.789. The molecule has 2 amide bonds. The number of carbonyl (C=O) groups is 2. The van der Waals surface area contributed by atoms with E-state index in [1.54, 1.807) is 0 Å². The van der Waals surface area contributed by atoms with Gasteiger partial charge in [-0.15, -0.1) is 0 Å². The molecule has 146 valence electrons. The van der Waals surface area contributed by atoms with Crippen molar-refractivity contribution < 1.29 is 14.3 Å². The van der Waals surface area contributed by atoms with Gasteiger partial charge in [-0.25, -0.2) is 0 Å². The lowest BCUT2D eigenvalue weighted by Gasteiger charge is -2.36. The predicted octanol–water partition coefficient (Wildman–Crippen LogP) is 1.24. The van der Waals surface area contributed by atoms with Gasteiger partial charge in [0.2, 0.25) is 11.8 Å². The van der Waals surface area contributed by atoms with Crippen LogP contribution >= 0.6 is 0 Å². The van der Waals surface area contributed by atoms with Crippen LogP contribution < -0.4 is 0 Å². The first kappa shape index (κ1) is 18.2. The number of hydrogen-bond acceptors (Lipinski definition) is 4. The summed E-state index contributed by atoms with van der Waals surface area (Å²) in [6, 6.07) is -0.160. The summed E-state index contributed by atoms with van der Waals surface area (Å²) in [5.74, 6) is 0.192. The Balaban J connectivity index is 1.34. The van der Waals surface area contributed by atoms with Gasteiger partial charge in [0.1, 0.15) is 0 Å². The largest absolute Gasteiger partial charge is 0.377 e. The summed E-state index contributed by atoms with van der Waals surface area (Å²) in [6.45, 7) is 2.89. The number of aryl methyl sites for hydroxylation is 2. The number of ether oxygens (including phenoxy) is 1. The highest BCUT2D eigenvalue weighted by Gasteiger charge is 2.31. The Hall–Kier alpha value is -2.15. The molecule has 0 bridgehead atoms. The van der Waals surface area contributed by atoms with Crippen LogP contribution in [-0.2, 0) is 33.6 Å². The molecular weight excluding hydrogens is 344 g/mol. The van der Waals surface area contributed by atoms with Gasteiger partial charge < -0.3 is 14.5 Å². The molecule has 0 radical (unpaired) electrons. The summed E-state index contributed by atoms with van der Waals surface area (Å²) in [7, 11) is 0. The lowest BCUT2D eigenvalue weighted by molar-refractivity contribution is -0.143. The van der Waals surface area contributed by atoms with Crippen molar-refractivity contribution >= 4 is 11.8 Å². The van der Waals surface area contributed by atoms with Gasteiger partial charge in [-0.05, 0) is 31.2 Å².